The van der Waals surface area contributed by atoms with Gasteiger partial charge in [-0.05, 0) is 39.1 Å². The predicted octanol–water partition coefficient (Wildman–Crippen LogP) is 8.40. The van der Waals surface area contributed by atoms with Crippen molar-refractivity contribution in [3.8, 4) is 17.4 Å². The minimum atomic E-state index is -0.470. The second-order valence-electron chi connectivity index (χ2n) is 9.21. The first-order valence-corrected chi connectivity index (χ1v) is 11.9. The first kappa shape index (κ1) is 19.4. The van der Waals surface area contributed by atoms with Crippen molar-refractivity contribution in [2.75, 3.05) is 0 Å². The molecule has 0 radical (unpaired) electrons. The maximum absolute atomic E-state index is 10.9. The average Bonchev–Trinajstić information content (AvgIpc) is 3.45. The van der Waals surface area contributed by atoms with Gasteiger partial charge in [-0.3, -0.25) is 0 Å². The number of aromatic nitrogens is 1. The molecule has 4 heteroatoms. The highest BCUT2D eigenvalue weighted by Crippen LogP contribution is 2.51. The summed E-state index contributed by atoms with van der Waals surface area (Å²) in [5.41, 5.74) is 3.33. The lowest BCUT2D eigenvalue weighted by atomic mass is 9.94. The summed E-state index contributed by atoms with van der Waals surface area (Å²) in [5, 5.41) is 30.5. The van der Waals surface area contributed by atoms with Gasteiger partial charge in [0.25, 0.3) is 0 Å². The van der Waals surface area contributed by atoms with Gasteiger partial charge in [0.05, 0.1) is 16.4 Å². The Morgan fingerprint density at radius 1 is 0.472 bits per heavy atom. The van der Waals surface area contributed by atoms with Crippen molar-refractivity contribution in [3.05, 3.63) is 103 Å². The van der Waals surface area contributed by atoms with E-state index in [0.717, 1.165) is 49.0 Å². The lowest BCUT2D eigenvalue weighted by Crippen LogP contribution is -1.95. The molecule has 0 unspecified atom stereocenters. The Labute approximate surface area is 204 Å². The summed E-state index contributed by atoms with van der Waals surface area (Å²) in [7, 11) is 0. The second kappa shape index (κ2) is 6.80. The molecule has 0 bridgehead atoms. The van der Waals surface area contributed by atoms with Crippen LogP contribution in [0.4, 0.5) is 0 Å². The lowest BCUT2D eigenvalue weighted by molar-refractivity contribution is 0.317. The van der Waals surface area contributed by atoms with Crippen molar-refractivity contribution in [2.45, 2.75) is 0 Å². The fraction of sp³-hybridized carbons (Fsp3) is 0. The Morgan fingerprint density at radius 3 is 1.61 bits per heavy atom. The quantitative estimate of drug-likeness (QED) is 0.239. The number of hydrogen-bond acceptors (Lipinski definition) is 3. The molecule has 0 fully saturated rings. The van der Waals surface area contributed by atoms with Crippen LogP contribution in [0, 0.1) is 0 Å². The summed E-state index contributed by atoms with van der Waals surface area (Å²) in [6.07, 6.45) is 0. The van der Waals surface area contributed by atoms with Crippen LogP contribution in [0.15, 0.2) is 108 Å². The standard InChI is InChI=1S/C32H19NO3/c34-30-27-23-16-8-7-15-22(23)26-25-21-14-6-4-12-19(21)20-13-5-9-17-24(20)28(25)33(18-10-2-1-3-11-18)29(26)31(27)36-32(30)35/h1-17,34-35H. The molecule has 2 N–H and O–H groups in total. The third-order valence-corrected chi connectivity index (χ3v) is 7.40. The SMILES string of the molecule is Oc1oc2c(c1O)c1ccccc1c1c3c4ccccc4c4ccccc4c3n(-c3ccccc3)c21. The van der Waals surface area contributed by atoms with Crippen LogP contribution in [0.2, 0.25) is 0 Å². The predicted molar refractivity (Wildman–Crippen MR) is 146 cm³/mol. The molecule has 0 aliphatic carbocycles. The van der Waals surface area contributed by atoms with Crippen molar-refractivity contribution in [1.82, 2.24) is 4.57 Å². The van der Waals surface area contributed by atoms with Crippen LogP contribution in [0.1, 0.15) is 0 Å². The number of para-hydroxylation sites is 1. The van der Waals surface area contributed by atoms with E-state index in [9.17, 15) is 10.2 Å². The van der Waals surface area contributed by atoms with Crippen LogP contribution in [0.3, 0.4) is 0 Å². The smallest absolute Gasteiger partial charge is 0.327 e. The third-order valence-electron chi connectivity index (χ3n) is 7.40. The van der Waals surface area contributed by atoms with Crippen LogP contribution in [-0.2, 0) is 0 Å². The largest absolute Gasteiger partial charge is 0.501 e. The van der Waals surface area contributed by atoms with Gasteiger partial charge in [0.1, 0.15) is 0 Å². The summed E-state index contributed by atoms with van der Waals surface area (Å²) >= 11 is 0. The van der Waals surface area contributed by atoms with E-state index in [2.05, 4.69) is 71.3 Å². The number of furan rings is 1. The number of fused-ring (bicyclic) bond motifs is 13. The van der Waals surface area contributed by atoms with Crippen molar-refractivity contribution < 1.29 is 14.6 Å². The minimum absolute atomic E-state index is 0.234. The number of benzene rings is 6. The van der Waals surface area contributed by atoms with Crippen molar-refractivity contribution in [3.63, 3.8) is 0 Å². The zero-order valence-electron chi connectivity index (χ0n) is 19.1. The molecule has 0 amide bonds. The Kier molecular flexibility index (Phi) is 3.66. The number of aromatic hydroxyl groups is 2. The van der Waals surface area contributed by atoms with Crippen LogP contribution >= 0.6 is 0 Å². The third kappa shape index (κ3) is 2.28. The van der Waals surface area contributed by atoms with E-state index >= 15 is 0 Å². The van der Waals surface area contributed by atoms with Gasteiger partial charge in [-0.25, -0.2) is 0 Å². The van der Waals surface area contributed by atoms with Gasteiger partial charge in [-0.2, -0.15) is 0 Å². The van der Waals surface area contributed by atoms with Gasteiger partial charge < -0.3 is 19.2 Å². The van der Waals surface area contributed by atoms with E-state index in [4.69, 9.17) is 4.42 Å². The molecule has 36 heavy (non-hydrogen) atoms. The highest BCUT2D eigenvalue weighted by atomic mass is 16.5. The number of hydrogen-bond donors (Lipinski definition) is 2. The highest BCUT2D eigenvalue weighted by Gasteiger charge is 2.27. The molecule has 0 spiro atoms. The van der Waals surface area contributed by atoms with Gasteiger partial charge in [0.2, 0.25) is 5.75 Å². The zero-order chi connectivity index (χ0) is 24.0. The molecule has 4 nitrogen and oxygen atoms in total. The molecule has 6 aromatic carbocycles. The molecular formula is C32H19NO3. The van der Waals surface area contributed by atoms with Crippen molar-refractivity contribution >= 4 is 65.1 Å². The molecule has 2 heterocycles. The Hall–Kier alpha value is -4.96. The first-order chi connectivity index (χ1) is 17.7. The number of nitrogens with zero attached hydrogens (tertiary/aromatic N) is 1. The van der Waals surface area contributed by atoms with Gasteiger partial charge in [0, 0.05) is 21.8 Å². The molecule has 0 saturated carbocycles. The molecule has 0 aliphatic rings. The Bertz CT molecular complexity index is 2170. The first-order valence-electron chi connectivity index (χ1n) is 11.9. The molecule has 170 valence electrons. The summed E-state index contributed by atoms with van der Waals surface area (Å²) in [6, 6.07) is 35.2. The minimum Gasteiger partial charge on any atom is -0.501 e. The zero-order valence-corrected chi connectivity index (χ0v) is 19.1. The van der Waals surface area contributed by atoms with Crippen LogP contribution in [0.5, 0.6) is 11.7 Å². The second-order valence-corrected chi connectivity index (χ2v) is 9.21. The molecule has 0 aliphatic heterocycles. The Morgan fingerprint density at radius 2 is 0.944 bits per heavy atom. The highest BCUT2D eigenvalue weighted by molar-refractivity contribution is 6.40. The number of rotatable bonds is 1. The van der Waals surface area contributed by atoms with Gasteiger partial charge >= 0.3 is 5.95 Å². The van der Waals surface area contributed by atoms with Crippen molar-refractivity contribution in [1.29, 1.82) is 0 Å². The maximum Gasteiger partial charge on any atom is 0.327 e. The van der Waals surface area contributed by atoms with Gasteiger partial charge in [0.15, 0.2) is 5.58 Å². The monoisotopic (exact) mass is 465 g/mol. The molecule has 2 aromatic heterocycles. The van der Waals surface area contributed by atoms with Crippen LogP contribution < -0.4 is 0 Å². The molecule has 8 rings (SSSR count). The van der Waals surface area contributed by atoms with Gasteiger partial charge in [-0.1, -0.05) is 91.0 Å². The molecule has 0 saturated heterocycles. The van der Waals surface area contributed by atoms with E-state index in [1.807, 2.05) is 36.4 Å². The fourth-order valence-corrected chi connectivity index (χ4v) is 6.01. The van der Waals surface area contributed by atoms with E-state index in [-0.39, 0.29) is 5.75 Å². The lowest BCUT2D eigenvalue weighted by Gasteiger charge is -2.12. The van der Waals surface area contributed by atoms with Crippen molar-refractivity contribution in [2.24, 2.45) is 0 Å². The topological polar surface area (TPSA) is 58.5 Å². The van der Waals surface area contributed by atoms with E-state index in [1.54, 1.807) is 0 Å². The molecule has 0 atom stereocenters. The van der Waals surface area contributed by atoms with Crippen LogP contribution in [-0.4, -0.2) is 14.8 Å². The normalized spacial score (nSPS) is 12.1. The van der Waals surface area contributed by atoms with E-state index in [0.29, 0.717) is 11.0 Å². The van der Waals surface area contributed by atoms with E-state index in [1.165, 1.54) is 10.8 Å². The summed E-state index contributed by atoms with van der Waals surface area (Å²) in [6.45, 7) is 0. The van der Waals surface area contributed by atoms with Gasteiger partial charge in [-0.15, -0.1) is 0 Å². The van der Waals surface area contributed by atoms with Crippen LogP contribution in [0.25, 0.3) is 70.8 Å². The molecular weight excluding hydrogens is 446 g/mol. The summed E-state index contributed by atoms with van der Waals surface area (Å²) < 4.78 is 8.14. The summed E-state index contributed by atoms with van der Waals surface area (Å²) in [5.74, 6) is -0.704. The maximum atomic E-state index is 10.9. The average molecular weight is 466 g/mol. The Balaban J connectivity index is 1.85. The van der Waals surface area contributed by atoms with E-state index < -0.39 is 5.95 Å². The fourth-order valence-electron chi connectivity index (χ4n) is 6.01. The molecule has 8 aromatic rings. The summed E-state index contributed by atoms with van der Waals surface area (Å²) in [4.78, 5) is 0.